The number of carbonyl (C=O) groups excluding carboxylic acids is 4. The van der Waals surface area contributed by atoms with Crippen LogP contribution in [0.15, 0.2) is 84.4 Å². The van der Waals surface area contributed by atoms with E-state index in [0.717, 1.165) is 11.0 Å². The Balaban J connectivity index is 1.52. The van der Waals surface area contributed by atoms with Crippen molar-refractivity contribution >= 4 is 40.9 Å². The van der Waals surface area contributed by atoms with Crippen LogP contribution in [0.4, 0.5) is 10.1 Å². The minimum absolute atomic E-state index is 0.0491. The molecule has 2 heterocycles. The Morgan fingerprint density at radius 2 is 1.64 bits per heavy atom. The zero-order valence-corrected chi connectivity index (χ0v) is 22.7. The van der Waals surface area contributed by atoms with Gasteiger partial charge in [-0.1, -0.05) is 65.7 Å². The number of anilines is 1. The van der Waals surface area contributed by atoms with Crippen LogP contribution in [0.25, 0.3) is 0 Å². The van der Waals surface area contributed by atoms with Gasteiger partial charge in [-0.05, 0) is 60.2 Å². The van der Waals surface area contributed by atoms with E-state index in [9.17, 15) is 33.9 Å². The summed E-state index contributed by atoms with van der Waals surface area (Å²) in [6.45, 7) is 0. The number of amides is 4. The molecule has 2 aliphatic carbocycles. The lowest BCUT2D eigenvalue weighted by Crippen LogP contribution is -2.53. The highest BCUT2D eigenvalue weighted by molar-refractivity contribution is 6.32. The largest absolute Gasteiger partial charge is 0.505 e. The third-order valence-electron chi connectivity index (χ3n) is 9.45. The van der Waals surface area contributed by atoms with E-state index in [2.05, 4.69) is 0 Å². The monoisotopic (exact) mass is 586 g/mol. The number of carbonyl (C=O) groups is 4. The van der Waals surface area contributed by atoms with Gasteiger partial charge >= 0.3 is 0 Å². The quantitative estimate of drug-likeness (QED) is 0.260. The minimum atomic E-state index is -1.55. The number of rotatable bonds is 3. The van der Waals surface area contributed by atoms with E-state index < -0.39 is 70.2 Å². The maximum atomic E-state index is 15.0. The van der Waals surface area contributed by atoms with E-state index in [1.54, 1.807) is 54.6 Å². The van der Waals surface area contributed by atoms with Crippen LogP contribution in [0.1, 0.15) is 29.9 Å². The molecule has 8 nitrogen and oxygen atoms in total. The topological polar surface area (TPSA) is 115 Å². The van der Waals surface area contributed by atoms with Gasteiger partial charge in [0.15, 0.2) is 11.6 Å². The van der Waals surface area contributed by atoms with Gasteiger partial charge in [-0.25, -0.2) is 9.29 Å². The number of benzene rings is 3. The van der Waals surface area contributed by atoms with Gasteiger partial charge in [-0.3, -0.25) is 24.4 Å². The Hall–Kier alpha value is -4.34. The van der Waals surface area contributed by atoms with E-state index in [1.807, 2.05) is 0 Å². The highest BCUT2D eigenvalue weighted by Gasteiger charge is 2.70. The molecule has 4 aliphatic rings. The number of halogens is 2. The summed E-state index contributed by atoms with van der Waals surface area (Å²) in [4.78, 5) is 56.4. The molecule has 0 spiro atoms. The predicted molar refractivity (Wildman–Crippen MR) is 148 cm³/mol. The van der Waals surface area contributed by atoms with Crippen LogP contribution in [0.2, 0.25) is 5.02 Å². The second kappa shape index (κ2) is 9.34. The molecule has 212 valence electrons. The molecular weight excluding hydrogens is 563 g/mol. The van der Waals surface area contributed by atoms with Crippen LogP contribution < -0.4 is 4.90 Å². The van der Waals surface area contributed by atoms with Crippen molar-refractivity contribution in [2.75, 3.05) is 4.90 Å². The molecule has 0 unspecified atom stereocenters. The number of hydrogen-bond acceptors (Lipinski definition) is 6. The first kappa shape index (κ1) is 26.6. The van der Waals surface area contributed by atoms with Crippen LogP contribution in [0.3, 0.4) is 0 Å². The average Bonchev–Trinajstić information content (AvgIpc) is 3.35. The van der Waals surface area contributed by atoms with Crippen molar-refractivity contribution in [1.82, 2.24) is 5.06 Å². The van der Waals surface area contributed by atoms with Crippen molar-refractivity contribution in [3.05, 3.63) is 106 Å². The van der Waals surface area contributed by atoms with E-state index in [1.165, 1.54) is 18.2 Å². The number of phenolic OH excluding ortho intramolecular Hbond substituents is 1. The van der Waals surface area contributed by atoms with Gasteiger partial charge in [0.05, 0.1) is 28.9 Å². The minimum Gasteiger partial charge on any atom is -0.505 e. The van der Waals surface area contributed by atoms with Crippen LogP contribution >= 0.6 is 11.6 Å². The van der Waals surface area contributed by atoms with Crippen LogP contribution in [-0.4, -0.2) is 39.0 Å². The molecule has 10 heteroatoms. The van der Waals surface area contributed by atoms with Crippen LogP contribution in [-0.2, 0) is 24.6 Å². The van der Waals surface area contributed by atoms with Crippen molar-refractivity contribution < 1.29 is 33.9 Å². The lowest BCUT2D eigenvalue weighted by Gasteiger charge is -2.50. The molecule has 0 bridgehead atoms. The summed E-state index contributed by atoms with van der Waals surface area (Å²) in [7, 11) is 0. The van der Waals surface area contributed by atoms with Gasteiger partial charge in [-0.2, -0.15) is 5.06 Å². The summed E-state index contributed by atoms with van der Waals surface area (Å²) < 4.78 is 15.0. The molecule has 3 fully saturated rings. The first-order chi connectivity index (χ1) is 20.2. The summed E-state index contributed by atoms with van der Waals surface area (Å²) >= 11 is 6.26. The molecule has 7 rings (SSSR count). The Morgan fingerprint density at radius 1 is 0.881 bits per heavy atom. The summed E-state index contributed by atoms with van der Waals surface area (Å²) in [6, 6.07) is 19.1. The second-order valence-corrected chi connectivity index (χ2v) is 11.7. The summed E-state index contributed by atoms with van der Waals surface area (Å²) in [5, 5.41) is 20.8. The van der Waals surface area contributed by atoms with E-state index in [-0.39, 0.29) is 23.6 Å². The van der Waals surface area contributed by atoms with Crippen LogP contribution in [0.5, 0.6) is 5.75 Å². The number of phenols is 1. The fourth-order valence-corrected chi connectivity index (χ4v) is 7.99. The summed E-state index contributed by atoms with van der Waals surface area (Å²) in [5.41, 5.74) is 0.216. The van der Waals surface area contributed by atoms with E-state index in [4.69, 9.17) is 11.6 Å². The smallest absolute Gasteiger partial charge is 0.257 e. The Kier molecular flexibility index (Phi) is 5.90. The number of aromatic hydroxyl groups is 1. The highest BCUT2D eigenvalue weighted by Crippen LogP contribution is 2.64. The SMILES string of the molecule is O=C1[C@H]2[C@H](CC=C3[C@H]2C[C@H]2C(=O)N(c4cccc(Cl)c4)C(=O)[C@@]2(c2ccccc2)[C@H]3c2ccc(O)c(F)c2)C(=O)N1O. The molecule has 42 heavy (non-hydrogen) atoms. The third-order valence-corrected chi connectivity index (χ3v) is 9.68. The Morgan fingerprint density at radius 3 is 2.36 bits per heavy atom. The zero-order valence-electron chi connectivity index (χ0n) is 22.0. The Labute approximate surface area is 244 Å². The van der Waals surface area contributed by atoms with Crippen LogP contribution in [0, 0.1) is 29.5 Å². The van der Waals surface area contributed by atoms with E-state index in [0.29, 0.717) is 21.7 Å². The average molecular weight is 587 g/mol. The number of hydrogen-bond donors (Lipinski definition) is 2. The molecule has 2 saturated heterocycles. The van der Waals surface area contributed by atoms with Crippen molar-refractivity contribution in [3.63, 3.8) is 0 Å². The molecule has 6 atom stereocenters. The number of hydroxylamine groups is 2. The van der Waals surface area contributed by atoms with E-state index >= 15 is 0 Å². The van der Waals surface area contributed by atoms with Gasteiger partial charge in [0.2, 0.25) is 11.8 Å². The molecule has 2 N–H and O–H groups in total. The van der Waals surface area contributed by atoms with Gasteiger partial charge < -0.3 is 5.11 Å². The maximum absolute atomic E-state index is 15.0. The summed E-state index contributed by atoms with van der Waals surface area (Å²) in [6.07, 6.45) is 1.98. The lowest BCUT2D eigenvalue weighted by molar-refractivity contribution is -0.173. The molecule has 1 saturated carbocycles. The van der Waals surface area contributed by atoms with Crippen molar-refractivity contribution in [3.8, 4) is 5.75 Å². The molecular formula is C32H24ClFN2O6. The van der Waals surface area contributed by atoms with Gasteiger partial charge in [0.25, 0.3) is 11.8 Å². The fraction of sp³-hybridized carbons (Fsp3) is 0.250. The predicted octanol–water partition coefficient (Wildman–Crippen LogP) is 4.74. The van der Waals surface area contributed by atoms with Gasteiger partial charge in [-0.15, -0.1) is 0 Å². The number of allylic oxidation sites excluding steroid dienone is 2. The number of fused-ring (bicyclic) bond motifs is 4. The molecule has 0 aromatic heterocycles. The molecule has 2 aliphatic heterocycles. The van der Waals surface area contributed by atoms with Crippen molar-refractivity contribution in [2.24, 2.45) is 23.7 Å². The molecule has 4 amide bonds. The van der Waals surface area contributed by atoms with Crippen molar-refractivity contribution in [2.45, 2.75) is 24.2 Å². The second-order valence-electron chi connectivity index (χ2n) is 11.3. The normalized spacial score (nSPS) is 30.3. The van der Waals surface area contributed by atoms with Gasteiger partial charge in [0, 0.05) is 10.9 Å². The van der Waals surface area contributed by atoms with Crippen molar-refractivity contribution in [1.29, 1.82) is 0 Å². The fourth-order valence-electron chi connectivity index (χ4n) is 7.80. The van der Waals surface area contributed by atoms with Gasteiger partial charge in [0.1, 0.15) is 0 Å². The Bertz CT molecular complexity index is 1730. The standard InChI is InChI=1S/C32H24ClFN2O6/c33-18-7-4-8-19(14-18)35-29(39)23-15-22-20(10-11-21-26(22)30(40)36(42)28(21)38)27(16-9-12-25(37)24(34)13-16)32(23,31(35)41)17-5-2-1-3-6-17/h1-10,12-14,21-23,26-27,37,42H,11,15H2/t21-,22+,23-,26-,27-,32+/m0/s1. The molecule has 3 aromatic rings. The molecule has 0 radical (unpaired) electrons. The first-order valence-electron chi connectivity index (χ1n) is 13.6. The highest BCUT2D eigenvalue weighted by atomic mass is 35.5. The maximum Gasteiger partial charge on any atom is 0.257 e. The first-order valence-corrected chi connectivity index (χ1v) is 14.0. The zero-order chi connectivity index (χ0) is 29.5. The molecule has 3 aromatic carbocycles. The lowest BCUT2D eigenvalue weighted by atomic mass is 9.49. The number of nitrogens with zero attached hydrogens (tertiary/aromatic N) is 2. The third kappa shape index (κ3) is 3.44. The number of imide groups is 2. The summed E-state index contributed by atoms with van der Waals surface area (Å²) in [5.74, 6) is -8.35.